The van der Waals surface area contributed by atoms with Crippen LogP contribution < -0.4 is 10.6 Å². The molecule has 0 unspecified atom stereocenters. The van der Waals surface area contributed by atoms with E-state index in [2.05, 4.69) is 15.6 Å². The largest absolute Gasteiger partial charge is 0.417 e. The van der Waals surface area contributed by atoms with Gasteiger partial charge < -0.3 is 15.6 Å². The van der Waals surface area contributed by atoms with Gasteiger partial charge in [0, 0.05) is 23.9 Å². The Balaban J connectivity index is 1.64. The molecule has 0 radical (unpaired) electrons. The predicted molar refractivity (Wildman–Crippen MR) is 90.6 cm³/mol. The SMILES string of the molecule is O=C(NCc1ccc(Cl)c(C(F)(F)F)c1)Nc1ccc2cc[nH]c2c1. The standard InChI is InChI=1S/C17H13ClF3N3O/c18-14-4-1-10(7-13(14)17(19,20)21)9-23-16(25)24-12-3-2-11-5-6-22-15(11)8-12/h1-8,22H,9H2,(H2,23,24,25). The molecule has 2 amide bonds. The van der Waals surface area contributed by atoms with Crippen molar-refractivity contribution in [2.24, 2.45) is 0 Å². The molecule has 3 N–H and O–H groups in total. The normalized spacial score (nSPS) is 11.5. The fraction of sp³-hybridized carbons (Fsp3) is 0.118. The minimum absolute atomic E-state index is 0.0587. The Morgan fingerprint density at radius 1 is 1.12 bits per heavy atom. The number of hydrogen-bond donors (Lipinski definition) is 3. The van der Waals surface area contributed by atoms with Crippen molar-refractivity contribution >= 4 is 34.2 Å². The van der Waals surface area contributed by atoms with Crippen LogP contribution in [0.3, 0.4) is 0 Å². The van der Waals surface area contributed by atoms with Crippen LogP contribution in [0, 0.1) is 0 Å². The van der Waals surface area contributed by atoms with Crippen LogP contribution >= 0.6 is 11.6 Å². The van der Waals surface area contributed by atoms with Crippen LogP contribution in [-0.4, -0.2) is 11.0 Å². The number of benzene rings is 2. The van der Waals surface area contributed by atoms with E-state index in [9.17, 15) is 18.0 Å². The lowest BCUT2D eigenvalue weighted by Gasteiger charge is -2.12. The zero-order valence-electron chi connectivity index (χ0n) is 12.7. The number of amides is 2. The second-order valence-electron chi connectivity index (χ2n) is 5.40. The average molecular weight is 368 g/mol. The van der Waals surface area contributed by atoms with Crippen molar-refractivity contribution in [3.05, 3.63) is 64.8 Å². The quantitative estimate of drug-likeness (QED) is 0.588. The number of urea groups is 1. The second-order valence-corrected chi connectivity index (χ2v) is 5.81. The Labute approximate surface area is 146 Å². The Bertz CT molecular complexity index is 921. The Morgan fingerprint density at radius 2 is 1.92 bits per heavy atom. The number of hydrogen-bond acceptors (Lipinski definition) is 1. The van der Waals surface area contributed by atoms with E-state index in [1.807, 2.05) is 12.1 Å². The van der Waals surface area contributed by atoms with Gasteiger partial charge in [-0.25, -0.2) is 4.79 Å². The van der Waals surface area contributed by atoms with Crippen molar-refractivity contribution in [2.45, 2.75) is 12.7 Å². The van der Waals surface area contributed by atoms with E-state index in [0.29, 0.717) is 11.3 Å². The Morgan fingerprint density at radius 3 is 2.68 bits per heavy atom. The van der Waals surface area contributed by atoms with Crippen molar-refractivity contribution in [3.8, 4) is 0 Å². The van der Waals surface area contributed by atoms with Crippen LogP contribution in [0.25, 0.3) is 10.9 Å². The average Bonchev–Trinajstić information content (AvgIpc) is 3.00. The molecule has 8 heteroatoms. The second kappa shape index (κ2) is 6.68. The van der Waals surface area contributed by atoms with Crippen molar-refractivity contribution in [2.75, 3.05) is 5.32 Å². The number of carbonyl (C=O) groups is 1. The summed E-state index contributed by atoms with van der Waals surface area (Å²) in [5, 5.41) is 5.78. The van der Waals surface area contributed by atoms with Gasteiger partial charge in [0.2, 0.25) is 0 Å². The summed E-state index contributed by atoms with van der Waals surface area (Å²) < 4.78 is 38.5. The van der Waals surface area contributed by atoms with E-state index < -0.39 is 17.8 Å². The molecule has 0 bridgehead atoms. The summed E-state index contributed by atoms with van der Waals surface area (Å²) in [7, 11) is 0. The molecule has 0 aliphatic carbocycles. The molecule has 0 aliphatic heterocycles. The molecule has 0 fully saturated rings. The van der Waals surface area contributed by atoms with Crippen LogP contribution in [0.5, 0.6) is 0 Å². The van der Waals surface area contributed by atoms with Crippen LogP contribution in [0.1, 0.15) is 11.1 Å². The van der Waals surface area contributed by atoms with E-state index >= 15 is 0 Å². The maximum atomic E-state index is 12.8. The molecule has 25 heavy (non-hydrogen) atoms. The molecule has 0 saturated heterocycles. The molecule has 4 nitrogen and oxygen atoms in total. The summed E-state index contributed by atoms with van der Waals surface area (Å²) in [5.41, 5.74) is 0.808. The van der Waals surface area contributed by atoms with E-state index in [1.165, 1.54) is 12.1 Å². The van der Waals surface area contributed by atoms with E-state index in [1.54, 1.807) is 18.3 Å². The van der Waals surface area contributed by atoms with Gasteiger partial charge >= 0.3 is 12.2 Å². The van der Waals surface area contributed by atoms with Crippen molar-refractivity contribution in [1.29, 1.82) is 0 Å². The smallest absolute Gasteiger partial charge is 0.361 e. The van der Waals surface area contributed by atoms with Gasteiger partial charge in [0.1, 0.15) is 0 Å². The number of anilines is 1. The Kier molecular flexibility index (Phi) is 4.59. The van der Waals surface area contributed by atoms with Gasteiger partial charge in [0.15, 0.2) is 0 Å². The molecule has 0 saturated carbocycles. The van der Waals surface area contributed by atoms with Gasteiger partial charge in [0.05, 0.1) is 10.6 Å². The lowest BCUT2D eigenvalue weighted by molar-refractivity contribution is -0.137. The van der Waals surface area contributed by atoms with Gasteiger partial charge in [-0.05, 0) is 41.3 Å². The predicted octanol–water partition coefficient (Wildman–Crippen LogP) is 5.16. The topological polar surface area (TPSA) is 56.9 Å². The Hall–Kier alpha value is -2.67. The summed E-state index contributed by atoms with van der Waals surface area (Å²) in [4.78, 5) is 15.0. The third-order valence-electron chi connectivity index (χ3n) is 3.60. The highest BCUT2D eigenvalue weighted by atomic mass is 35.5. The molecule has 1 heterocycles. The minimum Gasteiger partial charge on any atom is -0.361 e. The van der Waals surface area contributed by atoms with Gasteiger partial charge in [-0.2, -0.15) is 13.2 Å². The third-order valence-corrected chi connectivity index (χ3v) is 3.93. The summed E-state index contributed by atoms with van der Waals surface area (Å²) >= 11 is 5.57. The zero-order valence-corrected chi connectivity index (χ0v) is 13.5. The number of nitrogens with one attached hydrogen (secondary N) is 3. The van der Waals surface area contributed by atoms with Crippen molar-refractivity contribution in [1.82, 2.24) is 10.3 Å². The van der Waals surface area contributed by atoms with Crippen LogP contribution in [-0.2, 0) is 12.7 Å². The van der Waals surface area contributed by atoms with Gasteiger partial charge in [-0.3, -0.25) is 0 Å². The highest BCUT2D eigenvalue weighted by Gasteiger charge is 2.33. The number of halogens is 4. The third kappa shape index (κ3) is 4.06. The molecule has 3 rings (SSSR count). The number of aromatic nitrogens is 1. The first-order chi connectivity index (χ1) is 11.8. The number of carbonyl (C=O) groups excluding carboxylic acids is 1. The van der Waals surface area contributed by atoms with E-state index in [4.69, 9.17) is 11.6 Å². The number of fused-ring (bicyclic) bond motifs is 1. The fourth-order valence-electron chi connectivity index (χ4n) is 2.38. The maximum absolute atomic E-state index is 12.8. The summed E-state index contributed by atoms with van der Waals surface area (Å²) in [5.74, 6) is 0. The number of rotatable bonds is 3. The summed E-state index contributed by atoms with van der Waals surface area (Å²) in [6.07, 6.45) is -2.76. The van der Waals surface area contributed by atoms with Gasteiger partial charge in [0.25, 0.3) is 0 Å². The van der Waals surface area contributed by atoms with Crippen LogP contribution in [0.4, 0.5) is 23.7 Å². The highest BCUT2D eigenvalue weighted by Crippen LogP contribution is 2.35. The number of H-pyrrole nitrogens is 1. The first kappa shape index (κ1) is 17.2. The van der Waals surface area contributed by atoms with E-state index in [0.717, 1.165) is 17.0 Å². The molecule has 2 aromatic carbocycles. The van der Waals surface area contributed by atoms with Crippen LogP contribution in [0.15, 0.2) is 48.7 Å². The lowest BCUT2D eigenvalue weighted by Crippen LogP contribution is -2.28. The fourth-order valence-corrected chi connectivity index (χ4v) is 2.61. The molecule has 1 aromatic heterocycles. The minimum atomic E-state index is -4.54. The highest BCUT2D eigenvalue weighted by molar-refractivity contribution is 6.31. The lowest BCUT2D eigenvalue weighted by atomic mass is 10.1. The molecule has 0 aliphatic rings. The summed E-state index contributed by atoms with van der Waals surface area (Å²) in [6.45, 7) is -0.0587. The first-order valence-electron chi connectivity index (χ1n) is 7.30. The summed E-state index contributed by atoms with van der Waals surface area (Å²) in [6, 6.07) is 10.2. The molecule has 130 valence electrons. The molecular formula is C17H13ClF3N3O. The van der Waals surface area contributed by atoms with Crippen molar-refractivity contribution in [3.63, 3.8) is 0 Å². The molecule has 0 atom stereocenters. The molecule has 0 spiro atoms. The van der Waals surface area contributed by atoms with Crippen LogP contribution in [0.2, 0.25) is 5.02 Å². The van der Waals surface area contributed by atoms with Gasteiger partial charge in [-0.1, -0.05) is 23.7 Å². The molecule has 3 aromatic rings. The van der Waals surface area contributed by atoms with Gasteiger partial charge in [-0.15, -0.1) is 0 Å². The zero-order chi connectivity index (χ0) is 18.0. The van der Waals surface area contributed by atoms with E-state index in [-0.39, 0.29) is 11.6 Å². The first-order valence-corrected chi connectivity index (χ1v) is 7.68. The number of aromatic amines is 1. The molecular weight excluding hydrogens is 355 g/mol. The maximum Gasteiger partial charge on any atom is 0.417 e. The monoisotopic (exact) mass is 367 g/mol. The number of alkyl halides is 3. The van der Waals surface area contributed by atoms with Crippen molar-refractivity contribution < 1.29 is 18.0 Å².